The minimum atomic E-state index is -4.33. The van der Waals surface area contributed by atoms with Crippen LogP contribution in [0.5, 0.6) is 5.75 Å². The first kappa shape index (κ1) is 15.9. The van der Waals surface area contributed by atoms with Crippen LogP contribution in [0, 0.1) is 0 Å². The highest BCUT2D eigenvalue weighted by Crippen LogP contribution is 2.29. The predicted molar refractivity (Wildman–Crippen MR) is 80.3 cm³/mol. The highest BCUT2D eigenvalue weighted by atomic mass is 19.4. The summed E-state index contributed by atoms with van der Waals surface area (Å²) >= 11 is 0. The van der Waals surface area contributed by atoms with E-state index in [0.717, 1.165) is 23.4 Å². The molecule has 0 aromatic heterocycles. The van der Waals surface area contributed by atoms with Crippen molar-refractivity contribution in [1.82, 2.24) is 0 Å². The Morgan fingerprint density at radius 1 is 1.14 bits per heavy atom. The van der Waals surface area contributed by atoms with E-state index in [-0.39, 0.29) is 0 Å². The lowest BCUT2D eigenvalue weighted by Gasteiger charge is -2.07. The second-order valence-corrected chi connectivity index (χ2v) is 4.45. The molecule has 0 bridgehead atoms. The maximum atomic E-state index is 12.4. The zero-order valence-corrected chi connectivity index (χ0v) is 11.9. The van der Waals surface area contributed by atoms with E-state index in [4.69, 9.17) is 4.74 Å². The molecule has 0 aliphatic carbocycles. The molecule has 2 aromatic carbocycles. The quantitative estimate of drug-likeness (QED) is 0.649. The van der Waals surface area contributed by atoms with Crippen LogP contribution < -0.4 is 10.2 Å². The van der Waals surface area contributed by atoms with Gasteiger partial charge >= 0.3 is 6.18 Å². The number of nitrogens with one attached hydrogen (secondary N) is 1. The summed E-state index contributed by atoms with van der Waals surface area (Å²) in [6.07, 6.45) is -2.76. The van der Waals surface area contributed by atoms with Gasteiger partial charge in [-0.2, -0.15) is 18.3 Å². The normalized spacial score (nSPS) is 11.6. The molecule has 116 valence electrons. The Morgan fingerprint density at radius 3 is 2.50 bits per heavy atom. The Kier molecular flexibility index (Phi) is 5.04. The van der Waals surface area contributed by atoms with Gasteiger partial charge in [0.1, 0.15) is 5.75 Å². The molecule has 6 heteroatoms. The molecule has 0 heterocycles. The van der Waals surface area contributed by atoms with Crippen LogP contribution in [0.15, 0.2) is 53.6 Å². The second-order valence-electron chi connectivity index (χ2n) is 4.45. The molecule has 0 aliphatic rings. The van der Waals surface area contributed by atoms with Gasteiger partial charge in [0.25, 0.3) is 0 Å². The summed E-state index contributed by atoms with van der Waals surface area (Å²) in [5, 5.41) is 3.99. The van der Waals surface area contributed by atoms with E-state index in [1.165, 1.54) is 12.1 Å². The molecule has 0 saturated carbocycles. The smallest absolute Gasteiger partial charge is 0.416 e. The summed E-state index contributed by atoms with van der Waals surface area (Å²) in [7, 11) is 0. The summed E-state index contributed by atoms with van der Waals surface area (Å²) in [5.74, 6) is 0.737. The van der Waals surface area contributed by atoms with Gasteiger partial charge in [0.05, 0.1) is 24.1 Å². The van der Waals surface area contributed by atoms with Gasteiger partial charge in [-0.05, 0) is 48.9 Å². The first-order valence-corrected chi connectivity index (χ1v) is 6.68. The molecule has 1 N–H and O–H groups in total. The molecule has 0 unspecified atom stereocenters. The van der Waals surface area contributed by atoms with Crippen molar-refractivity contribution < 1.29 is 17.9 Å². The van der Waals surface area contributed by atoms with Gasteiger partial charge in [-0.15, -0.1) is 0 Å². The van der Waals surface area contributed by atoms with Gasteiger partial charge in [0.2, 0.25) is 0 Å². The lowest BCUT2D eigenvalue weighted by atomic mass is 10.2. The molecule has 2 rings (SSSR count). The summed E-state index contributed by atoms with van der Waals surface area (Å²) in [4.78, 5) is 0. The zero-order chi connectivity index (χ0) is 16.0. The van der Waals surface area contributed by atoms with Crippen LogP contribution >= 0.6 is 0 Å². The van der Waals surface area contributed by atoms with Gasteiger partial charge in [-0.25, -0.2) is 0 Å². The number of benzene rings is 2. The van der Waals surface area contributed by atoms with Crippen LogP contribution in [0.25, 0.3) is 0 Å². The van der Waals surface area contributed by atoms with E-state index in [0.29, 0.717) is 12.3 Å². The van der Waals surface area contributed by atoms with Crippen LogP contribution in [0.2, 0.25) is 0 Å². The molecule has 22 heavy (non-hydrogen) atoms. The van der Waals surface area contributed by atoms with E-state index in [1.807, 2.05) is 31.2 Å². The standard InChI is InChI=1S/C16H15F3N2O/c1-2-22-15-5-3-4-12(10-15)11-20-21-14-8-6-13(7-9-14)16(17,18)19/h3-11,21H,2H2,1H3. The number of halogens is 3. The number of hydrogen-bond donors (Lipinski definition) is 1. The van der Waals surface area contributed by atoms with Gasteiger partial charge < -0.3 is 4.74 Å². The number of nitrogens with zero attached hydrogens (tertiary/aromatic N) is 1. The number of alkyl halides is 3. The summed E-state index contributed by atoms with van der Waals surface area (Å²) < 4.78 is 42.7. The molecular formula is C16H15F3N2O. The fraction of sp³-hybridized carbons (Fsp3) is 0.188. The molecule has 0 amide bonds. The average molecular weight is 308 g/mol. The maximum Gasteiger partial charge on any atom is 0.416 e. The fourth-order valence-electron chi connectivity index (χ4n) is 1.77. The van der Waals surface area contributed by atoms with Crippen molar-refractivity contribution in [1.29, 1.82) is 0 Å². The molecule has 0 saturated heterocycles. The zero-order valence-electron chi connectivity index (χ0n) is 11.9. The fourth-order valence-corrected chi connectivity index (χ4v) is 1.77. The Morgan fingerprint density at radius 2 is 1.86 bits per heavy atom. The third kappa shape index (κ3) is 4.51. The summed E-state index contributed by atoms with van der Waals surface area (Å²) in [6.45, 7) is 2.47. The molecule has 2 aromatic rings. The Labute approximate surface area is 126 Å². The topological polar surface area (TPSA) is 33.6 Å². The molecule has 3 nitrogen and oxygen atoms in total. The van der Waals surface area contributed by atoms with Crippen molar-refractivity contribution in [3.63, 3.8) is 0 Å². The number of hydrazone groups is 1. The van der Waals surface area contributed by atoms with Gasteiger partial charge in [-0.3, -0.25) is 5.43 Å². The van der Waals surface area contributed by atoms with Crippen LogP contribution in [0.1, 0.15) is 18.1 Å². The van der Waals surface area contributed by atoms with Gasteiger partial charge in [0.15, 0.2) is 0 Å². The predicted octanol–water partition coefficient (Wildman–Crippen LogP) is 4.55. The van der Waals surface area contributed by atoms with E-state index in [9.17, 15) is 13.2 Å². The highest BCUT2D eigenvalue weighted by Gasteiger charge is 2.29. The second kappa shape index (κ2) is 6.98. The Balaban J connectivity index is 1.99. The van der Waals surface area contributed by atoms with E-state index >= 15 is 0 Å². The van der Waals surface area contributed by atoms with E-state index in [1.54, 1.807) is 6.21 Å². The van der Waals surface area contributed by atoms with Crippen molar-refractivity contribution in [2.75, 3.05) is 12.0 Å². The maximum absolute atomic E-state index is 12.4. The molecule has 0 radical (unpaired) electrons. The molecule has 0 fully saturated rings. The third-order valence-corrected chi connectivity index (χ3v) is 2.79. The molecule has 0 atom stereocenters. The Hall–Kier alpha value is -2.50. The van der Waals surface area contributed by atoms with Crippen LogP contribution in [0.3, 0.4) is 0 Å². The van der Waals surface area contributed by atoms with Crippen molar-refractivity contribution in [2.45, 2.75) is 13.1 Å². The monoisotopic (exact) mass is 308 g/mol. The lowest BCUT2D eigenvalue weighted by Crippen LogP contribution is -2.04. The number of ether oxygens (including phenoxy) is 1. The van der Waals surface area contributed by atoms with Crippen LogP contribution in [0.4, 0.5) is 18.9 Å². The lowest BCUT2D eigenvalue weighted by molar-refractivity contribution is -0.137. The summed E-state index contributed by atoms with van der Waals surface area (Å²) in [6, 6.07) is 12.0. The first-order valence-electron chi connectivity index (χ1n) is 6.68. The first-order chi connectivity index (χ1) is 10.5. The minimum absolute atomic E-state index is 0.477. The molecule has 0 aliphatic heterocycles. The van der Waals surface area contributed by atoms with Crippen LogP contribution in [-0.4, -0.2) is 12.8 Å². The number of rotatable bonds is 5. The van der Waals surface area contributed by atoms with Crippen molar-refractivity contribution in [2.24, 2.45) is 5.10 Å². The third-order valence-electron chi connectivity index (χ3n) is 2.79. The van der Waals surface area contributed by atoms with E-state index in [2.05, 4.69) is 10.5 Å². The molecule has 0 spiro atoms. The van der Waals surface area contributed by atoms with Crippen molar-refractivity contribution in [3.8, 4) is 5.75 Å². The van der Waals surface area contributed by atoms with Crippen molar-refractivity contribution >= 4 is 11.9 Å². The van der Waals surface area contributed by atoms with E-state index < -0.39 is 11.7 Å². The minimum Gasteiger partial charge on any atom is -0.494 e. The van der Waals surface area contributed by atoms with Crippen molar-refractivity contribution in [3.05, 3.63) is 59.7 Å². The number of anilines is 1. The SMILES string of the molecule is CCOc1cccc(C=NNc2ccc(C(F)(F)F)cc2)c1. The Bertz CT molecular complexity index is 637. The average Bonchev–Trinajstić information content (AvgIpc) is 2.48. The number of hydrogen-bond acceptors (Lipinski definition) is 3. The molecular weight excluding hydrogens is 293 g/mol. The highest BCUT2D eigenvalue weighted by molar-refractivity contribution is 5.80. The van der Waals surface area contributed by atoms with Gasteiger partial charge in [-0.1, -0.05) is 12.1 Å². The largest absolute Gasteiger partial charge is 0.494 e. The summed E-state index contributed by atoms with van der Waals surface area (Å²) in [5.41, 5.74) is 3.30. The van der Waals surface area contributed by atoms with Gasteiger partial charge in [0, 0.05) is 0 Å². The van der Waals surface area contributed by atoms with Crippen LogP contribution in [-0.2, 0) is 6.18 Å².